The summed E-state index contributed by atoms with van der Waals surface area (Å²) in [4.78, 5) is 14.3. The Morgan fingerprint density at radius 2 is 2.29 bits per heavy atom. The van der Waals surface area contributed by atoms with Crippen molar-refractivity contribution in [2.24, 2.45) is 5.41 Å². The summed E-state index contributed by atoms with van der Waals surface area (Å²) in [7, 11) is 0. The summed E-state index contributed by atoms with van der Waals surface area (Å²) in [6.07, 6.45) is 3.45. The minimum Gasteiger partial charge on any atom is -0.396 e. The molecule has 21 heavy (non-hydrogen) atoms. The van der Waals surface area contributed by atoms with Crippen molar-refractivity contribution in [2.45, 2.75) is 46.5 Å². The Hall–Kier alpha value is -1.56. The average molecular weight is 295 g/mol. The quantitative estimate of drug-likeness (QED) is 0.894. The molecule has 0 spiro atoms. The lowest BCUT2D eigenvalue weighted by Gasteiger charge is -2.41. The fourth-order valence-electron chi connectivity index (χ4n) is 2.91. The van der Waals surface area contributed by atoms with Crippen molar-refractivity contribution in [3.63, 3.8) is 0 Å². The summed E-state index contributed by atoms with van der Waals surface area (Å²) >= 11 is 0. The molecule has 0 aromatic carbocycles. The van der Waals surface area contributed by atoms with Gasteiger partial charge in [0.25, 0.3) is 0 Å². The molecule has 2 heterocycles. The van der Waals surface area contributed by atoms with Crippen molar-refractivity contribution >= 4 is 11.7 Å². The second-order valence-electron chi connectivity index (χ2n) is 5.89. The molecule has 0 radical (unpaired) electrons. The van der Waals surface area contributed by atoms with E-state index >= 15 is 0 Å². The number of nitrogens with one attached hydrogen (secondary N) is 1. The molecule has 1 unspecified atom stereocenters. The highest BCUT2D eigenvalue weighted by Crippen LogP contribution is 2.33. The number of nitrogens with zero attached hydrogens (tertiary/aromatic N) is 2. The minimum absolute atomic E-state index is 0.125. The van der Waals surface area contributed by atoms with Crippen LogP contribution in [-0.2, 0) is 6.42 Å². The topological polar surface area (TPSA) is 78.6 Å². The van der Waals surface area contributed by atoms with E-state index in [1.807, 2.05) is 13.8 Å². The van der Waals surface area contributed by atoms with Gasteiger partial charge in [-0.2, -0.15) is 0 Å². The first-order valence-electron chi connectivity index (χ1n) is 7.67. The highest BCUT2D eigenvalue weighted by atomic mass is 16.5. The van der Waals surface area contributed by atoms with Gasteiger partial charge in [0.2, 0.25) is 0 Å². The van der Waals surface area contributed by atoms with Gasteiger partial charge >= 0.3 is 6.03 Å². The zero-order valence-corrected chi connectivity index (χ0v) is 13.1. The van der Waals surface area contributed by atoms with Gasteiger partial charge in [-0.05, 0) is 26.2 Å². The Morgan fingerprint density at radius 3 is 2.90 bits per heavy atom. The maximum Gasteiger partial charge on any atom is 0.322 e. The van der Waals surface area contributed by atoms with Gasteiger partial charge < -0.3 is 19.8 Å². The Balaban J connectivity index is 2.08. The van der Waals surface area contributed by atoms with Crippen molar-refractivity contribution in [3.8, 4) is 0 Å². The van der Waals surface area contributed by atoms with E-state index in [1.165, 1.54) is 0 Å². The zero-order valence-electron chi connectivity index (χ0n) is 13.1. The maximum atomic E-state index is 12.5. The van der Waals surface area contributed by atoms with E-state index < -0.39 is 0 Å². The molecule has 1 fully saturated rings. The van der Waals surface area contributed by atoms with Crippen LogP contribution in [0.1, 0.15) is 44.6 Å². The second-order valence-corrected chi connectivity index (χ2v) is 5.89. The molecule has 1 aromatic heterocycles. The molecule has 118 valence electrons. The smallest absolute Gasteiger partial charge is 0.322 e. The number of aliphatic hydroxyl groups excluding tert-OH is 1. The number of aromatic nitrogens is 1. The van der Waals surface area contributed by atoms with Crippen LogP contribution in [0.25, 0.3) is 0 Å². The number of hydrogen-bond donors (Lipinski definition) is 2. The van der Waals surface area contributed by atoms with Crippen molar-refractivity contribution in [3.05, 3.63) is 11.5 Å². The van der Waals surface area contributed by atoms with Crippen LogP contribution < -0.4 is 5.32 Å². The highest BCUT2D eigenvalue weighted by Gasteiger charge is 2.35. The summed E-state index contributed by atoms with van der Waals surface area (Å²) in [6.45, 7) is 7.29. The lowest BCUT2D eigenvalue weighted by molar-refractivity contribution is 0.0468. The van der Waals surface area contributed by atoms with Crippen molar-refractivity contribution in [2.75, 3.05) is 25.0 Å². The SMILES string of the molecule is CCc1onc(C)c1NC(=O)N1CCCC(CC)(CO)C1. The number of likely N-dealkylation sites (tertiary alicyclic amines) is 1. The second kappa shape index (κ2) is 6.47. The van der Waals surface area contributed by atoms with E-state index in [4.69, 9.17) is 4.52 Å². The van der Waals surface area contributed by atoms with E-state index in [9.17, 15) is 9.90 Å². The standard InChI is InChI=1S/C15H25N3O3/c1-4-12-13(11(3)17-21-12)16-14(20)18-8-6-7-15(5-2,9-18)10-19/h19H,4-10H2,1-3H3,(H,16,20). The summed E-state index contributed by atoms with van der Waals surface area (Å²) in [5.41, 5.74) is 1.22. The molecule has 0 saturated carbocycles. The number of anilines is 1. The molecule has 2 amide bonds. The van der Waals surface area contributed by atoms with Crippen LogP contribution in [0.15, 0.2) is 4.52 Å². The monoisotopic (exact) mass is 295 g/mol. The molecule has 1 aromatic rings. The predicted molar refractivity (Wildman–Crippen MR) is 80.3 cm³/mol. The maximum absolute atomic E-state index is 12.5. The van der Waals surface area contributed by atoms with Crippen LogP contribution >= 0.6 is 0 Å². The van der Waals surface area contributed by atoms with Gasteiger partial charge in [0.05, 0.1) is 6.61 Å². The molecule has 0 aliphatic carbocycles. The van der Waals surface area contributed by atoms with Crippen LogP contribution in [0.5, 0.6) is 0 Å². The summed E-state index contributed by atoms with van der Waals surface area (Å²) in [5.74, 6) is 0.696. The van der Waals surface area contributed by atoms with E-state index in [1.54, 1.807) is 4.90 Å². The van der Waals surface area contributed by atoms with E-state index in [2.05, 4.69) is 17.4 Å². The molecule has 6 nitrogen and oxygen atoms in total. The Labute approximate surface area is 125 Å². The van der Waals surface area contributed by atoms with Gasteiger partial charge in [-0.3, -0.25) is 0 Å². The Morgan fingerprint density at radius 1 is 1.52 bits per heavy atom. The fraction of sp³-hybridized carbons (Fsp3) is 0.733. The number of rotatable bonds is 4. The first kappa shape index (κ1) is 15.8. The molecule has 1 aliphatic heterocycles. The first-order chi connectivity index (χ1) is 10.0. The fourth-order valence-corrected chi connectivity index (χ4v) is 2.91. The van der Waals surface area contributed by atoms with Crippen LogP contribution in [0.2, 0.25) is 0 Å². The van der Waals surface area contributed by atoms with Gasteiger partial charge in [-0.1, -0.05) is 19.0 Å². The lowest BCUT2D eigenvalue weighted by Crippen LogP contribution is -2.49. The number of urea groups is 1. The largest absolute Gasteiger partial charge is 0.396 e. The van der Waals surface area contributed by atoms with E-state index in [0.29, 0.717) is 30.1 Å². The molecule has 1 saturated heterocycles. The van der Waals surface area contributed by atoms with Gasteiger partial charge in [0, 0.05) is 24.9 Å². The van der Waals surface area contributed by atoms with Gasteiger partial charge in [0.1, 0.15) is 11.4 Å². The number of piperidine rings is 1. The zero-order chi connectivity index (χ0) is 15.5. The number of carbonyl (C=O) groups is 1. The normalized spacial score (nSPS) is 22.4. The third-order valence-corrected chi connectivity index (χ3v) is 4.52. The van der Waals surface area contributed by atoms with E-state index in [-0.39, 0.29) is 18.1 Å². The summed E-state index contributed by atoms with van der Waals surface area (Å²) in [6, 6.07) is -0.137. The Bertz CT molecular complexity index is 494. The molecule has 1 atom stereocenters. The number of aryl methyl sites for hydroxylation is 2. The van der Waals surface area contributed by atoms with Crippen LogP contribution in [-0.4, -0.2) is 40.9 Å². The number of carbonyl (C=O) groups excluding carboxylic acids is 1. The van der Waals surface area contributed by atoms with Crippen molar-refractivity contribution in [1.82, 2.24) is 10.1 Å². The van der Waals surface area contributed by atoms with Crippen LogP contribution in [0.3, 0.4) is 0 Å². The van der Waals surface area contributed by atoms with Crippen LogP contribution in [0, 0.1) is 12.3 Å². The molecule has 0 bridgehead atoms. The first-order valence-corrected chi connectivity index (χ1v) is 7.67. The third kappa shape index (κ3) is 3.20. The van der Waals surface area contributed by atoms with Crippen molar-refractivity contribution < 1.29 is 14.4 Å². The lowest BCUT2D eigenvalue weighted by atomic mass is 9.78. The van der Waals surface area contributed by atoms with Gasteiger partial charge in [0.15, 0.2) is 5.76 Å². The molecule has 6 heteroatoms. The highest BCUT2D eigenvalue weighted by molar-refractivity contribution is 5.90. The molecular weight excluding hydrogens is 270 g/mol. The van der Waals surface area contributed by atoms with Crippen molar-refractivity contribution in [1.29, 1.82) is 0 Å². The summed E-state index contributed by atoms with van der Waals surface area (Å²) < 4.78 is 5.19. The van der Waals surface area contributed by atoms with Gasteiger partial charge in [-0.15, -0.1) is 0 Å². The summed E-state index contributed by atoms with van der Waals surface area (Å²) in [5, 5.41) is 16.5. The number of amides is 2. The number of aliphatic hydroxyl groups is 1. The van der Waals surface area contributed by atoms with E-state index in [0.717, 1.165) is 25.8 Å². The molecular formula is C15H25N3O3. The van der Waals surface area contributed by atoms with Crippen LogP contribution in [0.4, 0.5) is 10.5 Å². The van der Waals surface area contributed by atoms with Gasteiger partial charge in [-0.25, -0.2) is 4.79 Å². The minimum atomic E-state index is -0.160. The molecule has 2 rings (SSSR count). The predicted octanol–water partition coefficient (Wildman–Crippen LogP) is 2.56. The number of hydrogen-bond acceptors (Lipinski definition) is 4. The molecule has 1 aliphatic rings. The molecule has 2 N–H and O–H groups in total. The average Bonchev–Trinajstić information content (AvgIpc) is 2.87. The third-order valence-electron chi connectivity index (χ3n) is 4.52. The Kier molecular flexibility index (Phi) is 4.88.